The van der Waals surface area contributed by atoms with Crippen LogP contribution in [0.5, 0.6) is 0 Å². The number of amides is 1. The molecular weight excluding hydrogens is 343 g/mol. The molecule has 1 N–H and O–H groups in total. The molecule has 25 heavy (non-hydrogen) atoms. The average Bonchev–Trinajstić information content (AvgIpc) is 2.54. The van der Waals surface area contributed by atoms with E-state index in [0.717, 1.165) is 21.7 Å². The number of nitrogens with one attached hydrogen (secondary N) is 1. The maximum absolute atomic E-state index is 13.0. The predicted molar refractivity (Wildman–Crippen MR) is 96.5 cm³/mol. The summed E-state index contributed by atoms with van der Waals surface area (Å²) in [5, 5.41) is 2.71. The standard InChI is InChI=1S/C18H21FN2O3S/c1-14-3-5-15(6-4-14)13-18(22)20-11-12-21(25(2,23)24)17-9-7-16(19)8-10-17/h3-10H,11-13H2,1-2H3,(H,20,22). The largest absolute Gasteiger partial charge is 0.354 e. The minimum Gasteiger partial charge on any atom is -0.354 e. The minimum atomic E-state index is -3.53. The van der Waals surface area contributed by atoms with Crippen LogP contribution in [-0.2, 0) is 21.2 Å². The minimum absolute atomic E-state index is 0.0735. The van der Waals surface area contributed by atoms with Crippen LogP contribution in [0.3, 0.4) is 0 Å². The van der Waals surface area contributed by atoms with Gasteiger partial charge in [-0.05, 0) is 36.8 Å². The molecule has 2 aromatic carbocycles. The molecule has 0 aliphatic heterocycles. The molecule has 0 bridgehead atoms. The van der Waals surface area contributed by atoms with Crippen molar-refractivity contribution in [2.24, 2.45) is 0 Å². The summed E-state index contributed by atoms with van der Waals surface area (Å²) in [7, 11) is -3.53. The van der Waals surface area contributed by atoms with Gasteiger partial charge in [0.15, 0.2) is 0 Å². The third-order valence-electron chi connectivity index (χ3n) is 3.64. The van der Waals surface area contributed by atoms with Crippen LogP contribution in [-0.4, -0.2) is 33.7 Å². The zero-order chi connectivity index (χ0) is 18.4. The second kappa shape index (κ2) is 8.11. The molecule has 2 rings (SSSR count). The zero-order valence-electron chi connectivity index (χ0n) is 14.2. The summed E-state index contributed by atoms with van der Waals surface area (Å²) in [6, 6.07) is 12.8. The lowest BCUT2D eigenvalue weighted by molar-refractivity contribution is -0.120. The summed E-state index contributed by atoms with van der Waals surface area (Å²) in [6.07, 6.45) is 1.31. The maximum Gasteiger partial charge on any atom is 0.232 e. The molecule has 5 nitrogen and oxygen atoms in total. The number of nitrogens with zero attached hydrogens (tertiary/aromatic N) is 1. The van der Waals surface area contributed by atoms with Crippen LogP contribution in [0.1, 0.15) is 11.1 Å². The topological polar surface area (TPSA) is 66.5 Å². The number of halogens is 1. The number of aryl methyl sites for hydroxylation is 1. The molecule has 134 valence electrons. The van der Waals surface area contributed by atoms with Crippen LogP contribution in [0.15, 0.2) is 48.5 Å². The first-order valence-corrected chi connectivity index (χ1v) is 9.66. The van der Waals surface area contributed by atoms with Crippen LogP contribution in [0.4, 0.5) is 10.1 Å². The molecule has 0 atom stereocenters. The van der Waals surface area contributed by atoms with Crippen LogP contribution in [0.2, 0.25) is 0 Å². The van der Waals surface area contributed by atoms with E-state index >= 15 is 0 Å². The molecule has 0 heterocycles. The number of carbonyl (C=O) groups excluding carboxylic acids is 1. The van der Waals surface area contributed by atoms with Gasteiger partial charge in [-0.3, -0.25) is 9.10 Å². The van der Waals surface area contributed by atoms with Crippen molar-refractivity contribution in [2.75, 3.05) is 23.7 Å². The number of sulfonamides is 1. The van der Waals surface area contributed by atoms with Gasteiger partial charge in [-0.15, -0.1) is 0 Å². The summed E-state index contributed by atoms with van der Waals surface area (Å²) in [4.78, 5) is 12.0. The maximum atomic E-state index is 13.0. The van der Waals surface area contributed by atoms with Gasteiger partial charge in [0.25, 0.3) is 0 Å². The van der Waals surface area contributed by atoms with E-state index < -0.39 is 15.8 Å². The molecule has 0 radical (unpaired) electrons. The molecule has 0 saturated carbocycles. The van der Waals surface area contributed by atoms with E-state index in [9.17, 15) is 17.6 Å². The highest BCUT2D eigenvalue weighted by molar-refractivity contribution is 7.92. The Morgan fingerprint density at radius 2 is 1.68 bits per heavy atom. The van der Waals surface area contributed by atoms with Crippen molar-refractivity contribution in [3.05, 3.63) is 65.5 Å². The molecule has 2 aromatic rings. The number of hydrogen-bond donors (Lipinski definition) is 1. The van der Waals surface area contributed by atoms with Crippen molar-refractivity contribution >= 4 is 21.6 Å². The Kier molecular flexibility index (Phi) is 6.14. The van der Waals surface area contributed by atoms with E-state index in [0.29, 0.717) is 5.69 Å². The molecule has 0 fully saturated rings. The Labute approximate surface area is 147 Å². The van der Waals surface area contributed by atoms with Crippen molar-refractivity contribution < 1.29 is 17.6 Å². The Morgan fingerprint density at radius 1 is 1.08 bits per heavy atom. The molecule has 0 saturated heterocycles. The van der Waals surface area contributed by atoms with E-state index in [1.165, 1.54) is 24.3 Å². The van der Waals surface area contributed by atoms with Crippen molar-refractivity contribution in [1.29, 1.82) is 0 Å². The highest BCUT2D eigenvalue weighted by atomic mass is 32.2. The third-order valence-corrected chi connectivity index (χ3v) is 4.83. The van der Waals surface area contributed by atoms with E-state index in [4.69, 9.17) is 0 Å². The van der Waals surface area contributed by atoms with Gasteiger partial charge in [0.05, 0.1) is 24.9 Å². The first kappa shape index (κ1) is 18.9. The SMILES string of the molecule is Cc1ccc(CC(=O)NCCN(c2ccc(F)cc2)S(C)(=O)=O)cc1. The van der Waals surface area contributed by atoms with Crippen molar-refractivity contribution in [3.8, 4) is 0 Å². The second-order valence-corrected chi connectivity index (χ2v) is 7.73. The number of anilines is 1. The highest BCUT2D eigenvalue weighted by Gasteiger charge is 2.17. The summed E-state index contributed by atoms with van der Waals surface area (Å²) >= 11 is 0. The second-order valence-electron chi connectivity index (χ2n) is 5.82. The van der Waals surface area contributed by atoms with E-state index in [1.807, 2.05) is 31.2 Å². The van der Waals surface area contributed by atoms with Gasteiger partial charge in [-0.25, -0.2) is 12.8 Å². The lowest BCUT2D eigenvalue weighted by Crippen LogP contribution is -2.38. The average molecular weight is 364 g/mol. The summed E-state index contributed by atoms with van der Waals surface area (Å²) < 4.78 is 38.0. The summed E-state index contributed by atoms with van der Waals surface area (Å²) in [5.41, 5.74) is 2.37. The lowest BCUT2D eigenvalue weighted by Gasteiger charge is -2.22. The Morgan fingerprint density at radius 3 is 2.24 bits per heavy atom. The van der Waals surface area contributed by atoms with E-state index in [1.54, 1.807) is 0 Å². The monoisotopic (exact) mass is 364 g/mol. The molecule has 0 aromatic heterocycles. The fourth-order valence-electron chi connectivity index (χ4n) is 2.34. The normalized spacial score (nSPS) is 11.2. The summed E-state index contributed by atoms with van der Waals surface area (Å²) in [5.74, 6) is -0.625. The Bertz CT molecular complexity index is 818. The smallest absolute Gasteiger partial charge is 0.232 e. The van der Waals surface area contributed by atoms with Gasteiger partial charge in [0.1, 0.15) is 5.82 Å². The Hall–Kier alpha value is -2.41. The molecule has 0 aliphatic rings. The molecule has 7 heteroatoms. The van der Waals surface area contributed by atoms with Crippen LogP contribution in [0, 0.1) is 12.7 Å². The van der Waals surface area contributed by atoms with Crippen LogP contribution >= 0.6 is 0 Å². The van der Waals surface area contributed by atoms with Crippen LogP contribution in [0.25, 0.3) is 0 Å². The molecule has 1 amide bonds. The fourth-order valence-corrected chi connectivity index (χ4v) is 3.27. The molecular formula is C18H21FN2O3S. The van der Waals surface area contributed by atoms with Gasteiger partial charge in [-0.1, -0.05) is 29.8 Å². The molecule has 0 unspecified atom stereocenters. The predicted octanol–water partition coefficient (Wildman–Crippen LogP) is 2.26. The van der Waals surface area contributed by atoms with Gasteiger partial charge in [0.2, 0.25) is 15.9 Å². The zero-order valence-corrected chi connectivity index (χ0v) is 15.0. The number of carbonyl (C=O) groups is 1. The Balaban J connectivity index is 1.93. The molecule has 0 spiro atoms. The first-order chi connectivity index (χ1) is 11.8. The highest BCUT2D eigenvalue weighted by Crippen LogP contribution is 2.17. The summed E-state index contributed by atoms with van der Waals surface area (Å²) in [6.45, 7) is 2.21. The van der Waals surface area contributed by atoms with E-state index in [2.05, 4.69) is 5.32 Å². The first-order valence-electron chi connectivity index (χ1n) is 7.81. The number of hydrogen-bond acceptors (Lipinski definition) is 3. The molecule has 0 aliphatic carbocycles. The van der Waals surface area contributed by atoms with Gasteiger partial charge >= 0.3 is 0 Å². The number of benzene rings is 2. The van der Waals surface area contributed by atoms with Crippen molar-refractivity contribution in [1.82, 2.24) is 5.32 Å². The number of rotatable bonds is 7. The van der Waals surface area contributed by atoms with Crippen LogP contribution < -0.4 is 9.62 Å². The van der Waals surface area contributed by atoms with Crippen molar-refractivity contribution in [3.63, 3.8) is 0 Å². The fraction of sp³-hybridized carbons (Fsp3) is 0.278. The van der Waals surface area contributed by atoms with E-state index in [-0.39, 0.29) is 25.4 Å². The van der Waals surface area contributed by atoms with Gasteiger partial charge in [-0.2, -0.15) is 0 Å². The van der Waals surface area contributed by atoms with Crippen molar-refractivity contribution in [2.45, 2.75) is 13.3 Å². The van der Waals surface area contributed by atoms with Gasteiger partial charge in [0, 0.05) is 6.54 Å². The van der Waals surface area contributed by atoms with Gasteiger partial charge < -0.3 is 5.32 Å². The lowest BCUT2D eigenvalue weighted by atomic mass is 10.1. The third kappa shape index (κ3) is 5.86. The quantitative estimate of drug-likeness (QED) is 0.819.